The molecule has 4 rings (SSSR count). The monoisotopic (exact) mass is 419 g/mol. The van der Waals surface area contributed by atoms with Crippen molar-refractivity contribution in [2.75, 3.05) is 11.6 Å². The molecule has 2 N–H and O–H groups in total. The molecule has 0 aliphatic heterocycles. The Hall–Kier alpha value is -2.29. The van der Waals surface area contributed by atoms with Gasteiger partial charge in [-0.1, -0.05) is 28.9 Å². The Bertz CT molecular complexity index is 1040. The van der Waals surface area contributed by atoms with E-state index in [1.807, 2.05) is 6.26 Å². The lowest BCUT2D eigenvalue weighted by Gasteiger charge is -2.13. The lowest BCUT2D eigenvalue weighted by atomic mass is 9.92. The molecule has 0 saturated heterocycles. The van der Waals surface area contributed by atoms with Crippen LogP contribution in [0.15, 0.2) is 39.3 Å². The van der Waals surface area contributed by atoms with E-state index in [9.17, 15) is 9.59 Å². The second kappa shape index (κ2) is 7.38. The first kappa shape index (κ1) is 18.1. The van der Waals surface area contributed by atoms with Gasteiger partial charge in [-0.25, -0.2) is 4.79 Å². The number of rotatable bonds is 3. The van der Waals surface area contributed by atoms with Gasteiger partial charge in [-0.05, 0) is 36.8 Å². The van der Waals surface area contributed by atoms with Gasteiger partial charge in [0.05, 0.1) is 19.8 Å². The number of carbonyl (C=O) groups is 2. The third-order valence-corrected chi connectivity index (χ3v) is 6.92. The number of nitrogens with one attached hydrogen (secondary N) is 2. The van der Waals surface area contributed by atoms with E-state index >= 15 is 0 Å². The fraction of sp³-hybridized carbons (Fsp3) is 0.167. The highest BCUT2D eigenvalue weighted by molar-refractivity contribution is 8.00. The second-order valence-electron chi connectivity index (χ2n) is 5.85. The predicted octanol–water partition coefficient (Wildman–Crippen LogP) is 4.84. The van der Waals surface area contributed by atoms with Crippen LogP contribution in [0.1, 0.15) is 20.8 Å². The maximum atomic E-state index is 12.7. The Morgan fingerprint density at radius 3 is 2.89 bits per heavy atom. The molecule has 0 bridgehead atoms. The van der Waals surface area contributed by atoms with E-state index in [-0.39, 0.29) is 0 Å². The van der Waals surface area contributed by atoms with E-state index in [4.69, 9.17) is 16.1 Å². The molecular weight excluding hydrogens is 406 g/mol. The summed E-state index contributed by atoms with van der Waals surface area (Å²) < 4.78 is 6.09. The van der Waals surface area contributed by atoms with Crippen molar-refractivity contribution in [2.45, 2.75) is 17.1 Å². The number of halogens is 1. The van der Waals surface area contributed by atoms with Gasteiger partial charge in [-0.3, -0.25) is 10.1 Å². The van der Waals surface area contributed by atoms with Crippen molar-refractivity contribution >= 4 is 52.3 Å². The summed E-state index contributed by atoms with van der Waals surface area (Å²) in [5, 5.41) is 9.48. The number of thioether (sulfide) groups is 1. The standard InChI is InChI=1S/C18H14ClN3O3S2/c1-26-17-13-10(7-6-9-8-25-22-14(9)13)15(27-17)16(23)21-18(24)20-12-5-3-2-4-11(12)19/h2-5,8H,6-7H2,1H3,(H2,20,21,23,24). The number of imide groups is 1. The van der Waals surface area contributed by atoms with Crippen LogP contribution in [0.25, 0.3) is 11.3 Å². The van der Waals surface area contributed by atoms with Crippen molar-refractivity contribution in [3.63, 3.8) is 0 Å². The van der Waals surface area contributed by atoms with E-state index in [1.54, 1.807) is 42.3 Å². The van der Waals surface area contributed by atoms with Crippen LogP contribution in [0.4, 0.5) is 10.5 Å². The molecule has 0 radical (unpaired) electrons. The van der Waals surface area contributed by atoms with Crippen LogP contribution in [-0.2, 0) is 12.8 Å². The van der Waals surface area contributed by atoms with Crippen LogP contribution in [0.3, 0.4) is 0 Å². The summed E-state index contributed by atoms with van der Waals surface area (Å²) in [6, 6.07) is 6.21. The highest BCUT2D eigenvalue weighted by Crippen LogP contribution is 2.45. The Labute approximate surface area is 168 Å². The number of urea groups is 1. The SMILES string of the molecule is CSc1sc(C(=O)NC(=O)Nc2ccccc2Cl)c2c1-c1nocc1CC2. The summed E-state index contributed by atoms with van der Waals surface area (Å²) in [7, 11) is 0. The summed E-state index contributed by atoms with van der Waals surface area (Å²) in [5.74, 6) is -0.437. The van der Waals surface area contributed by atoms with Gasteiger partial charge in [-0.15, -0.1) is 23.1 Å². The van der Waals surface area contributed by atoms with Crippen molar-refractivity contribution in [1.29, 1.82) is 0 Å². The number of aromatic nitrogens is 1. The van der Waals surface area contributed by atoms with Crippen LogP contribution in [-0.4, -0.2) is 23.4 Å². The Balaban J connectivity index is 1.58. The van der Waals surface area contributed by atoms with E-state index in [0.717, 1.165) is 33.0 Å². The van der Waals surface area contributed by atoms with Crippen molar-refractivity contribution in [3.05, 3.63) is 51.6 Å². The molecule has 6 nitrogen and oxygen atoms in total. The maximum Gasteiger partial charge on any atom is 0.326 e. The van der Waals surface area contributed by atoms with Gasteiger partial charge in [0, 0.05) is 11.1 Å². The molecular formula is C18H14ClN3O3S2. The molecule has 27 heavy (non-hydrogen) atoms. The number of hydrogen-bond acceptors (Lipinski definition) is 6. The Morgan fingerprint density at radius 1 is 1.30 bits per heavy atom. The minimum Gasteiger partial charge on any atom is -0.364 e. The number of aryl methyl sites for hydroxylation is 1. The minimum absolute atomic E-state index is 0.400. The molecule has 9 heteroatoms. The van der Waals surface area contributed by atoms with E-state index in [1.165, 1.54) is 11.3 Å². The van der Waals surface area contributed by atoms with Crippen LogP contribution < -0.4 is 10.6 Å². The van der Waals surface area contributed by atoms with Crippen LogP contribution in [0.2, 0.25) is 5.02 Å². The molecule has 138 valence electrons. The summed E-state index contributed by atoms with van der Waals surface area (Å²) in [6.45, 7) is 0. The number of nitrogens with zero attached hydrogens (tertiary/aromatic N) is 1. The number of para-hydroxylation sites is 1. The minimum atomic E-state index is -0.626. The zero-order valence-corrected chi connectivity index (χ0v) is 16.6. The van der Waals surface area contributed by atoms with Crippen LogP contribution in [0.5, 0.6) is 0 Å². The number of thiophene rings is 1. The molecule has 0 fully saturated rings. The molecule has 1 aliphatic carbocycles. The molecule has 0 unspecified atom stereocenters. The van der Waals surface area contributed by atoms with Gasteiger partial charge >= 0.3 is 6.03 Å². The van der Waals surface area contributed by atoms with Gasteiger partial charge in [0.2, 0.25) is 0 Å². The number of benzene rings is 1. The molecule has 0 saturated carbocycles. The van der Waals surface area contributed by atoms with E-state index in [2.05, 4.69) is 15.8 Å². The highest BCUT2D eigenvalue weighted by Gasteiger charge is 2.30. The van der Waals surface area contributed by atoms with Gasteiger partial charge < -0.3 is 9.84 Å². The maximum absolute atomic E-state index is 12.7. The fourth-order valence-electron chi connectivity index (χ4n) is 3.02. The first-order chi connectivity index (χ1) is 13.1. The van der Waals surface area contributed by atoms with Gasteiger partial charge in [-0.2, -0.15) is 0 Å². The lowest BCUT2D eigenvalue weighted by Crippen LogP contribution is -2.34. The lowest BCUT2D eigenvalue weighted by molar-refractivity contribution is 0.0970. The summed E-state index contributed by atoms with van der Waals surface area (Å²) in [4.78, 5) is 25.5. The summed E-state index contributed by atoms with van der Waals surface area (Å²) in [5.41, 5.74) is 4.12. The van der Waals surface area contributed by atoms with Crippen molar-refractivity contribution < 1.29 is 14.1 Å². The third kappa shape index (κ3) is 3.36. The van der Waals surface area contributed by atoms with E-state index in [0.29, 0.717) is 22.0 Å². The second-order valence-corrected chi connectivity index (χ2v) is 8.36. The molecule has 2 heterocycles. The highest BCUT2D eigenvalue weighted by atomic mass is 35.5. The van der Waals surface area contributed by atoms with Crippen molar-refractivity contribution in [3.8, 4) is 11.3 Å². The Morgan fingerprint density at radius 2 is 2.11 bits per heavy atom. The van der Waals surface area contributed by atoms with Crippen LogP contribution >= 0.6 is 34.7 Å². The van der Waals surface area contributed by atoms with Gasteiger partial charge in [0.1, 0.15) is 12.0 Å². The molecule has 3 aromatic rings. The molecule has 0 atom stereocenters. The predicted molar refractivity (Wildman–Crippen MR) is 107 cm³/mol. The van der Waals surface area contributed by atoms with Crippen molar-refractivity contribution in [2.24, 2.45) is 0 Å². The zero-order chi connectivity index (χ0) is 19.0. The van der Waals surface area contributed by atoms with Gasteiger partial charge in [0.25, 0.3) is 5.91 Å². The first-order valence-corrected chi connectivity index (χ1v) is 10.5. The number of fused-ring (bicyclic) bond motifs is 3. The third-order valence-electron chi connectivity index (χ3n) is 4.24. The zero-order valence-electron chi connectivity index (χ0n) is 14.2. The molecule has 2 aromatic heterocycles. The normalized spacial score (nSPS) is 12.2. The topological polar surface area (TPSA) is 84.2 Å². The van der Waals surface area contributed by atoms with E-state index < -0.39 is 11.9 Å². The molecule has 1 aliphatic rings. The first-order valence-electron chi connectivity index (χ1n) is 8.08. The molecule has 0 spiro atoms. The number of amides is 3. The smallest absolute Gasteiger partial charge is 0.326 e. The molecule has 1 aromatic carbocycles. The van der Waals surface area contributed by atoms with Gasteiger partial charge in [0.15, 0.2) is 0 Å². The largest absolute Gasteiger partial charge is 0.364 e. The number of anilines is 1. The number of hydrogen-bond donors (Lipinski definition) is 2. The quantitative estimate of drug-likeness (QED) is 0.593. The average molecular weight is 420 g/mol. The summed E-state index contributed by atoms with van der Waals surface area (Å²) >= 11 is 8.95. The van der Waals surface area contributed by atoms with Crippen molar-refractivity contribution in [1.82, 2.24) is 10.5 Å². The fourth-order valence-corrected chi connectivity index (χ4v) is 5.19. The average Bonchev–Trinajstić information content (AvgIpc) is 3.27. The number of carbonyl (C=O) groups excluding carboxylic acids is 2. The van der Waals surface area contributed by atoms with Crippen LogP contribution in [0, 0.1) is 0 Å². The summed E-state index contributed by atoms with van der Waals surface area (Å²) in [6.07, 6.45) is 5.06. The molecule has 3 amide bonds. The Kier molecular flexibility index (Phi) is 4.94.